The minimum atomic E-state index is 0.875. The summed E-state index contributed by atoms with van der Waals surface area (Å²) in [4.78, 5) is 0. The molecule has 1 heterocycles. The first-order valence-electron chi connectivity index (χ1n) is 6.70. The van der Waals surface area contributed by atoms with Crippen LogP contribution in [0.5, 0.6) is 5.75 Å². The molecule has 0 saturated heterocycles. The van der Waals surface area contributed by atoms with E-state index >= 15 is 0 Å². The van der Waals surface area contributed by atoms with Gasteiger partial charge in [0, 0.05) is 24.0 Å². The van der Waals surface area contributed by atoms with Gasteiger partial charge >= 0.3 is 0 Å². The summed E-state index contributed by atoms with van der Waals surface area (Å²) in [6.45, 7) is 0.875. The number of hydrogen-bond donors (Lipinski definition) is 0. The number of ether oxygens (including phenoxy) is 1. The molecule has 20 heavy (non-hydrogen) atoms. The van der Waals surface area contributed by atoms with Crippen LogP contribution in [0.25, 0.3) is 11.3 Å². The van der Waals surface area contributed by atoms with Crippen molar-refractivity contribution in [3.8, 4) is 17.0 Å². The highest BCUT2D eigenvalue weighted by Crippen LogP contribution is 2.25. The zero-order chi connectivity index (χ0) is 13.8. The third-order valence-corrected chi connectivity index (χ3v) is 3.39. The fourth-order valence-electron chi connectivity index (χ4n) is 2.38. The minimum absolute atomic E-state index is 0.875. The van der Waals surface area contributed by atoms with E-state index < -0.39 is 0 Å². The Labute approximate surface area is 119 Å². The van der Waals surface area contributed by atoms with Crippen LogP contribution in [0.2, 0.25) is 0 Å². The van der Waals surface area contributed by atoms with Gasteiger partial charge in [0.25, 0.3) is 0 Å². The highest BCUT2D eigenvalue weighted by Gasteiger charge is 2.05. The van der Waals surface area contributed by atoms with Crippen LogP contribution in [0, 0.1) is 0 Å². The molecule has 2 aromatic carbocycles. The van der Waals surface area contributed by atoms with Gasteiger partial charge in [-0.2, -0.15) is 0 Å². The van der Waals surface area contributed by atoms with E-state index in [0.29, 0.717) is 0 Å². The van der Waals surface area contributed by atoms with Crippen molar-refractivity contribution in [2.45, 2.75) is 6.54 Å². The van der Waals surface area contributed by atoms with Gasteiger partial charge < -0.3 is 9.30 Å². The lowest BCUT2D eigenvalue weighted by molar-refractivity contribution is 0.415. The number of nitrogens with zero attached hydrogens (tertiary/aromatic N) is 1. The van der Waals surface area contributed by atoms with Crippen LogP contribution in [0.1, 0.15) is 5.56 Å². The summed E-state index contributed by atoms with van der Waals surface area (Å²) in [7, 11) is 1.70. The van der Waals surface area contributed by atoms with E-state index in [1.165, 1.54) is 16.8 Å². The average molecular weight is 263 g/mol. The van der Waals surface area contributed by atoms with Crippen LogP contribution >= 0.6 is 0 Å². The molecule has 1 aromatic heterocycles. The van der Waals surface area contributed by atoms with Crippen LogP contribution in [-0.2, 0) is 6.54 Å². The molecule has 100 valence electrons. The van der Waals surface area contributed by atoms with Crippen LogP contribution in [0.3, 0.4) is 0 Å². The van der Waals surface area contributed by atoms with Gasteiger partial charge in [0.2, 0.25) is 0 Å². The van der Waals surface area contributed by atoms with Crippen LogP contribution in [-0.4, -0.2) is 11.7 Å². The van der Waals surface area contributed by atoms with Crippen molar-refractivity contribution in [1.29, 1.82) is 0 Å². The molecule has 0 saturated carbocycles. The molecule has 3 rings (SSSR count). The number of benzene rings is 2. The molecule has 0 N–H and O–H groups in total. The summed E-state index contributed by atoms with van der Waals surface area (Å²) < 4.78 is 7.56. The Kier molecular flexibility index (Phi) is 3.55. The summed E-state index contributed by atoms with van der Waals surface area (Å²) in [5.74, 6) is 0.884. The maximum absolute atomic E-state index is 5.30. The van der Waals surface area contributed by atoms with E-state index in [-0.39, 0.29) is 0 Å². The number of aromatic nitrogens is 1. The Morgan fingerprint density at radius 1 is 0.900 bits per heavy atom. The maximum Gasteiger partial charge on any atom is 0.119 e. The van der Waals surface area contributed by atoms with Crippen LogP contribution in [0.15, 0.2) is 72.9 Å². The second-order valence-electron chi connectivity index (χ2n) is 4.74. The topological polar surface area (TPSA) is 14.2 Å². The Hall–Kier alpha value is -2.48. The summed E-state index contributed by atoms with van der Waals surface area (Å²) in [5, 5.41) is 0. The fraction of sp³-hybridized carbons (Fsp3) is 0.111. The van der Waals surface area contributed by atoms with Gasteiger partial charge in [0.15, 0.2) is 0 Å². The van der Waals surface area contributed by atoms with Crippen molar-refractivity contribution in [2.24, 2.45) is 0 Å². The molecule has 0 spiro atoms. The van der Waals surface area contributed by atoms with Gasteiger partial charge in [-0.05, 0) is 29.8 Å². The number of hydrogen-bond acceptors (Lipinski definition) is 1. The van der Waals surface area contributed by atoms with Gasteiger partial charge in [0.1, 0.15) is 5.75 Å². The minimum Gasteiger partial charge on any atom is -0.497 e. The molecular formula is C18H17NO. The largest absolute Gasteiger partial charge is 0.497 e. The van der Waals surface area contributed by atoms with Gasteiger partial charge in [0.05, 0.1) is 7.11 Å². The molecule has 0 amide bonds. The van der Waals surface area contributed by atoms with Crippen molar-refractivity contribution in [3.63, 3.8) is 0 Å². The highest BCUT2D eigenvalue weighted by atomic mass is 16.5. The predicted octanol–water partition coefficient (Wildman–Crippen LogP) is 4.21. The summed E-state index contributed by atoms with van der Waals surface area (Å²) in [5.41, 5.74) is 3.67. The molecular weight excluding hydrogens is 246 g/mol. The SMILES string of the molecule is COc1cccc(-c2cccn2Cc2ccccc2)c1. The molecule has 0 unspecified atom stereocenters. The molecule has 0 aliphatic rings. The average Bonchev–Trinajstić information content (AvgIpc) is 2.96. The van der Waals surface area contributed by atoms with E-state index in [1.807, 2.05) is 18.2 Å². The molecule has 3 aromatic rings. The van der Waals surface area contributed by atoms with Crippen molar-refractivity contribution in [2.75, 3.05) is 7.11 Å². The Bertz CT molecular complexity index is 685. The highest BCUT2D eigenvalue weighted by molar-refractivity contribution is 5.62. The Morgan fingerprint density at radius 2 is 1.75 bits per heavy atom. The van der Waals surface area contributed by atoms with Crippen molar-refractivity contribution in [1.82, 2.24) is 4.57 Å². The van der Waals surface area contributed by atoms with Gasteiger partial charge in [-0.15, -0.1) is 0 Å². The third-order valence-electron chi connectivity index (χ3n) is 3.39. The third kappa shape index (κ3) is 2.59. The summed E-state index contributed by atoms with van der Waals surface area (Å²) >= 11 is 0. The lowest BCUT2D eigenvalue weighted by atomic mass is 10.1. The summed E-state index contributed by atoms with van der Waals surface area (Å²) in [6.07, 6.45) is 2.11. The number of rotatable bonds is 4. The molecule has 0 atom stereocenters. The Morgan fingerprint density at radius 3 is 2.55 bits per heavy atom. The predicted molar refractivity (Wildman–Crippen MR) is 82.0 cm³/mol. The van der Waals surface area contributed by atoms with Crippen molar-refractivity contribution >= 4 is 0 Å². The first-order valence-corrected chi connectivity index (χ1v) is 6.70. The first kappa shape index (κ1) is 12.5. The monoisotopic (exact) mass is 263 g/mol. The van der Waals surface area contributed by atoms with Gasteiger partial charge in [-0.3, -0.25) is 0 Å². The zero-order valence-electron chi connectivity index (χ0n) is 11.5. The first-order chi connectivity index (χ1) is 9.86. The normalized spacial score (nSPS) is 10.4. The fourth-order valence-corrected chi connectivity index (χ4v) is 2.38. The molecule has 0 aliphatic heterocycles. The lowest BCUT2D eigenvalue weighted by Gasteiger charge is -2.10. The number of methoxy groups -OCH3 is 1. The zero-order valence-corrected chi connectivity index (χ0v) is 11.5. The molecule has 0 radical (unpaired) electrons. The Balaban J connectivity index is 1.93. The quantitative estimate of drug-likeness (QED) is 0.687. The maximum atomic E-state index is 5.30. The summed E-state index contributed by atoms with van der Waals surface area (Å²) in [6, 6.07) is 22.9. The second kappa shape index (κ2) is 5.66. The standard InChI is InChI=1S/C18H17NO/c1-20-17-10-5-9-16(13-17)18-11-6-12-19(18)14-15-7-3-2-4-8-15/h2-13H,14H2,1H3. The lowest BCUT2D eigenvalue weighted by Crippen LogP contribution is -2.00. The van der Waals surface area contributed by atoms with E-state index in [2.05, 4.69) is 59.3 Å². The second-order valence-corrected chi connectivity index (χ2v) is 4.74. The van der Waals surface area contributed by atoms with Gasteiger partial charge in [-0.25, -0.2) is 0 Å². The van der Waals surface area contributed by atoms with E-state index in [9.17, 15) is 0 Å². The molecule has 0 aliphatic carbocycles. The van der Waals surface area contributed by atoms with E-state index in [4.69, 9.17) is 4.74 Å². The van der Waals surface area contributed by atoms with Crippen LogP contribution < -0.4 is 4.74 Å². The van der Waals surface area contributed by atoms with E-state index in [0.717, 1.165) is 12.3 Å². The smallest absolute Gasteiger partial charge is 0.119 e. The van der Waals surface area contributed by atoms with Gasteiger partial charge in [-0.1, -0.05) is 42.5 Å². The molecule has 2 heteroatoms. The van der Waals surface area contributed by atoms with Crippen molar-refractivity contribution < 1.29 is 4.74 Å². The van der Waals surface area contributed by atoms with Crippen molar-refractivity contribution in [3.05, 3.63) is 78.5 Å². The molecule has 0 fully saturated rings. The van der Waals surface area contributed by atoms with E-state index in [1.54, 1.807) is 7.11 Å². The molecule has 0 bridgehead atoms. The van der Waals surface area contributed by atoms with Crippen LogP contribution in [0.4, 0.5) is 0 Å². The molecule has 2 nitrogen and oxygen atoms in total.